The SMILES string of the molecule is O=C1OC(c2ccccc2Cl)=N/C1=C\c1ccc(-c2cc(Cl)ccc2Cl)o1. The highest BCUT2D eigenvalue weighted by molar-refractivity contribution is 6.35. The number of hydrogen-bond donors (Lipinski definition) is 0. The minimum Gasteiger partial charge on any atom is -0.457 e. The van der Waals surface area contributed by atoms with Gasteiger partial charge in [-0.25, -0.2) is 9.79 Å². The molecule has 7 heteroatoms. The molecule has 0 aliphatic carbocycles. The first-order valence-corrected chi connectivity index (χ1v) is 8.97. The second kappa shape index (κ2) is 7.24. The standard InChI is InChI=1S/C20H10Cl3NO3/c21-11-5-7-16(23)14(9-11)18-8-6-12(26-18)10-17-20(25)27-19(24-17)13-3-1-2-4-15(13)22/h1-10H/b17-10-. The molecule has 0 unspecified atom stereocenters. The van der Waals surface area contributed by atoms with Gasteiger partial charge >= 0.3 is 5.97 Å². The zero-order valence-electron chi connectivity index (χ0n) is 13.6. The Hall–Kier alpha value is -2.53. The molecule has 0 amide bonds. The van der Waals surface area contributed by atoms with Gasteiger partial charge in [0.25, 0.3) is 0 Å². The predicted molar refractivity (Wildman–Crippen MR) is 106 cm³/mol. The highest BCUT2D eigenvalue weighted by atomic mass is 35.5. The number of esters is 1. The van der Waals surface area contributed by atoms with E-state index in [9.17, 15) is 4.79 Å². The zero-order valence-corrected chi connectivity index (χ0v) is 15.8. The van der Waals surface area contributed by atoms with Crippen molar-refractivity contribution >= 4 is 52.7 Å². The summed E-state index contributed by atoms with van der Waals surface area (Å²) in [6, 6.07) is 15.5. The van der Waals surface area contributed by atoms with Crippen LogP contribution in [-0.4, -0.2) is 11.9 Å². The van der Waals surface area contributed by atoms with Crippen LogP contribution in [-0.2, 0) is 9.53 Å². The summed E-state index contributed by atoms with van der Waals surface area (Å²) in [7, 11) is 0. The third kappa shape index (κ3) is 3.65. The molecule has 27 heavy (non-hydrogen) atoms. The molecule has 1 aromatic heterocycles. The van der Waals surface area contributed by atoms with Gasteiger partial charge < -0.3 is 9.15 Å². The lowest BCUT2D eigenvalue weighted by molar-refractivity contribution is -0.129. The molecule has 134 valence electrons. The van der Waals surface area contributed by atoms with Gasteiger partial charge in [-0.05, 0) is 42.5 Å². The van der Waals surface area contributed by atoms with Crippen LogP contribution in [0.25, 0.3) is 17.4 Å². The second-order valence-corrected chi connectivity index (χ2v) is 6.89. The van der Waals surface area contributed by atoms with Crippen LogP contribution in [0.3, 0.4) is 0 Å². The number of hydrogen-bond acceptors (Lipinski definition) is 4. The van der Waals surface area contributed by atoms with Gasteiger partial charge in [-0.1, -0.05) is 46.9 Å². The van der Waals surface area contributed by atoms with E-state index in [-0.39, 0.29) is 11.6 Å². The quantitative estimate of drug-likeness (QED) is 0.373. The number of nitrogens with zero attached hydrogens (tertiary/aromatic N) is 1. The number of aliphatic imine (C=N–C) groups is 1. The van der Waals surface area contributed by atoms with Crippen molar-refractivity contribution < 1.29 is 13.9 Å². The molecular weight excluding hydrogens is 409 g/mol. The number of rotatable bonds is 3. The maximum absolute atomic E-state index is 12.1. The minimum atomic E-state index is -0.580. The lowest BCUT2D eigenvalue weighted by Crippen LogP contribution is -2.05. The second-order valence-electron chi connectivity index (χ2n) is 5.64. The lowest BCUT2D eigenvalue weighted by Gasteiger charge is -2.01. The van der Waals surface area contributed by atoms with Gasteiger partial charge in [0.15, 0.2) is 5.70 Å². The minimum absolute atomic E-state index is 0.114. The van der Waals surface area contributed by atoms with Crippen LogP contribution < -0.4 is 0 Å². The number of halogens is 3. The highest BCUT2D eigenvalue weighted by Crippen LogP contribution is 2.32. The van der Waals surface area contributed by atoms with Crippen LogP contribution in [0.15, 0.2) is 69.7 Å². The van der Waals surface area contributed by atoms with Crippen molar-refractivity contribution in [3.05, 3.63) is 86.7 Å². The fourth-order valence-electron chi connectivity index (χ4n) is 2.56. The van der Waals surface area contributed by atoms with Crippen LogP contribution in [0.4, 0.5) is 0 Å². The average Bonchev–Trinajstić information content (AvgIpc) is 3.25. The van der Waals surface area contributed by atoms with E-state index in [1.807, 2.05) is 0 Å². The van der Waals surface area contributed by atoms with Gasteiger partial charge in [0.05, 0.1) is 15.6 Å². The average molecular weight is 419 g/mol. The molecule has 0 saturated heterocycles. The van der Waals surface area contributed by atoms with E-state index in [0.29, 0.717) is 37.7 Å². The number of furan rings is 1. The van der Waals surface area contributed by atoms with Gasteiger partial charge in [-0.2, -0.15) is 0 Å². The van der Waals surface area contributed by atoms with Crippen molar-refractivity contribution in [1.29, 1.82) is 0 Å². The molecule has 4 rings (SSSR count). The van der Waals surface area contributed by atoms with Gasteiger partial charge in [-0.3, -0.25) is 0 Å². The summed E-state index contributed by atoms with van der Waals surface area (Å²) in [6.45, 7) is 0. The van der Waals surface area contributed by atoms with E-state index >= 15 is 0 Å². The predicted octanol–water partition coefficient (Wildman–Crippen LogP) is 6.25. The van der Waals surface area contributed by atoms with Crippen LogP contribution in [0.2, 0.25) is 15.1 Å². The number of ether oxygens (including phenoxy) is 1. The van der Waals surface area contributed by atoms with Crippen molar-refractivity contribution in [2.24, 2.45) is 4.99 Å². The first-order chi connectivity index (χ1) is 13.0. The molecule has 0 radical (unpaired) electrons. The van der Waals surface area contributed by atoms with E-state index < -0.39 is 5.97 Å². The molecule has 0 bridgehead atoms. The third-order valence-electron chi connectivity index (χ3n) is 3.82. The Balaban J connectivity index is 1.66. The maximum Gasteiger partial charge on any atom is 0.363 e. The fraction of sp³-hybridized carbons (Fsp3) is 0. The molecule has 0 atom stereocenters. The number of carbonyl (C=O) groups excluding carboxylic acids is 1. The molecule has 0 fully saturated rings. The van der Waals surface area contributed by atoms with Gasteiger partial charge in [-0.15, -0.1) is 0 Å². The van der Waals surface area contributed by atoms with Crippen molar-refractivity contribution in [2.45, 2.75) is 0 Å². The van der Waals surface area contributed by atoms with Gasteiger partial charge in [0.2, 0.25) is 5.90 Å². The van der Waals surface area contributed by atoms with E-state index in [4.69, 9.17) is 44.0 Å². The Morgan fingerprint density at radius 3 is 2.48 bits per heavy atom. The van der Waals surface area contributed by atoms with Crippen LogP contribution in [0.5, 0.6) is 0 Å². The summed E-state index contributed by atoms with van der Waals surface area (Å²) >= 11 is 18.3. The van der Waals surface area contributed by atoms with Crippen LogP contribution in [0, 0.1) is 0 Å². The number of cyclic esters (lactones) is 1. The largest absolute Gasteiger partial charge is 0.457 e. The van der Waals surface area contributed by atoms with E-state index in [2.05, 4.69) is 4.99 Å². The summed E-state index contributed by atoms with van der Waals surface area (Å²) in [5.74, 6) is 0.526. The van der Waals surface area contributed by atoms with E-state index in [0.717, 1.165) is 0 Å². The summed E-state index contributed by atoms with van der Waals surface area (Å²) in [5.41, 5.74) is 1.31. The Morgan fingerprint density at radius 2 is 1.67 bits per heavy atom. The number of carbonyl (C=O) groups is 1. The topological polar surface area (TPSA) is 51.8 Å². The van der Waals surface area contributed by atoms with Crippen molar-refractivity contribution in [1.82, 2.24) is 0 Å². The molecule has 4 nitrogen and oxygen atoms in total. The lowest BCUT2D eigenvalue weighted by atomic mass is 10.2. The summed E-state index contributed by atoms with van der Waals surface area (Å²) in [5, 5.41) is 1.49. The Bertz CT molecular complexity index is 1120. The smallest absolute Gasteiger partial charge is 0.363 e. The first kappa shape index (κ1) is 17.9. The van der Waals surface area contributed by atoms with Crippen molar-refractivity contribution in [3.8, 4) is 11.3 Å². The van der Waals surface area contributed by atoms with Crippen molar-refractivity contribution in [3.63, 3.8) is 0 Å². The Labute approximate surface area is 169 Å². The summed E-state index contributed by atoms with van der Waals surface area (Å²) in [4.78, 5) is 16.3. The third-order valence-corrected chi connectivity index (χ3v) is 4.72. The number of benzene rings is 2. The molecule has 1 aliphatic heterocycles. The van der Waals surface area contributed by atoms with Crippen molar-refractivity contribution in [2.75, 3.05) is 0 Å². The molecule has 2 heterocycles. The molecular formula is C20H10Cl3NO3. The molecule has 3 aromatic rings. The van der Waals surface area contributed by atoms with Gasteiger partial charge in [0, 0.05) is 16.7 Å². The Kier molecular flexibility index (Phi) is 4.79. The Morgan fingerprint density at radius 1 is 0.889 bits per heavy atom. The van der Waals surface area contributed by atoms with Crippen LogP contribution >= 0.6 is 34.8 Å². The zero-order chi connectivity index (χ0) is 19.0. The van der Waals surface area contributed by atoms with Crippen LogP contribution in [0.1, 0.15) is 11.3 Å². The maximum atomic E-state index is 12.1. The first-order valence-electron chi connectivity index (χ1n) is 7.84. The molecule has 1 aliphatic rings. The fourth-order valence-corrected chi connectivity index (χ4v) is 3.15. The normalized spacial score (nSPS) is 15.1. The monoisotopic (exact) mass is 417 g/mol. The van der Waals surface area contributed by atoms with Gasteiger partial charge in [0.1, 0.15) is 11.5 Å². The highest BCUT2D eigenvalue weighted by Gasteiger charge is 2.26. The molecule has 2 aromatic carbocycles. The van der Waals surface area contributed by atoms with E-state index in [1.165, 1.54) is 6.08 Å². The van der Waals surface area contributed by atoms with E-state index in [1.54, 1.807) is 54.6 Å². The molecule has 0 spiro atoms. The summed E-state index contributed by atoms with van der Waals surface area (Å²) < 4.78 is 11.0. The molecule has 0 saturated carbocycles. The molecule has 0 N–H and O–H groups in total. The summed E-state index contributed by atoms with van der Waals surface area (Å²) in [6.07, 6.45) is 1.49.